The van der Waals surface area contributed by atoms with Crippen molar-refractivity contribution in [2.75, 3.05) is 45.1 Å². The zero-order valence-electron chi connectivity index (χ0n) is 14.9. The van der Waals surface area contributed by atoms with Crippen molar-refractivity contribution >= 4 is 16.5 Å². The van der Waals surface area contributed by atoms with Crippen LogP contribution in [0, 0.1) is 5.82 Å². The second kappa shape index (κ2) is 8.69. The minimum absolute atomic E-state index is 0.187. The topological polar surface area (TPSA) is 44.3 Å². The molecule has 1 N–H and O–H groups in total. The molecule has 1 fully saturated rings. The third kappa shape index (κ3) is 5.45. The van der Waals surface area contributed by atoms with Gasteiger partial charge in [-0.25, -0.2) is 4.39 Å². The van der Waals surface area contributed by atoms with Gasteiger partial charge in [-0.1, -0.05) is 29.5 Å². The molecule has 1 unspecified atom stereocenters. The first-order valence-corrected chi connectivity index (χ1v) is 9.65. The fraction of sp³-hybridized carbons (Fsp3) is 0.556. The summed E-state index contributed by atoms with van der Waals surface area (Å²) in [7, 11) is 2.18. The molecule has 1 aliphatic heterocycles. The van der Waals surface area contributed by atoms with Gasteiger partial charge in [0.2, 0.25) is 5.13 Å². The van der Waals surface area contributed by atoms with Gasteiger partial charge in [0.05, 0.1) is 0 Å². The Morgan fingerprint density at radius 2 is 1.96 bits per heavy atom. The quantitative estimate of drug-likeness (QED) is 0.819. The lowest BCUT2D eigenvalue weighted by molar-refractivity contribution is 0.151. The number of anilines is 1. The standard InChI is InChI=1S/C18H26FN5S/c1-14(7-8-24-11-9-23(2)10-12-24)20-18-22-21-17(25-18)13-15-5-3-4-6-16(15)19/h3-6,14H,7-13H2,1-2H3,(H,20,22). The normalized spacial score (nSPS) is 17.6. The molecule has 1 aromatic heterocycles. The van der Waals surface area contributed by atoms with E-state index in [2.05, 4.69) is 39.3 Å². The maximum atomic E-state index is 13.7. The predicted octanol–water partition coefficient (Wildman–Crippen LogP) is 2.71. The van der Waals surface area contributed by atoms with Gasteiger partial charge in [0.25, 0.3) is 0 Å². The molecule has 0 radical (unpaired) electrons. The molecule has 1 saturated heterocycles. The van der Waals surface area contributed by atoms with Crippen LogP contribution in [0.3, 0.4) is 0 Å². The van der Waals surface area contributed by atoms with Crippen molar-refractivity contribution in [3.63, 3.8) is 0 Å². The van der Waals surface area contributed by atoms with Crippen molar-refractivity contribution in [2.24, 2.45) is 0 Å². The number of aromatic nitrogens is 2. The van der Waals surface area contributed by atoms with Crippen LogP contribution >= 0.6 is 11.3 Å². The van der Waals surface area contributed by atoms with Crippen molar-refractivity contribution in [1.82, 2.24) is 20.0 Å². The monoisotopic (exact) mass is 363 g/mol. The molecular weight excluding hydrogens is 337 g/mol. The Morgan fingerprint density at radius 1 is 1.20 bits per heavy atom. The highest BCUT2D eigenvalue weighted by Crippen LogP contribution is 2.21. The molecule has 25 heavy (non-hydrogen) atoms. The molecule has 0 aliphatic carbocycles. The highest BCUT2D eigenvalue weighted by molar-refractivity contribution is 7.15. The summed E-state index contributed by atoms with van der Waals surface area (Å²) in [5, 5.41) is 13.5. The highest BCUT2D eigenvalue weighted by Gasteiger charge is 2.15. The Hall–Kier alpha value is -1.57. The second-order valence-corrected chi connectivity index (χ2v) is 7.81. The van der Waals surface area contributed by atoms with Crippen molar-refractivity contribution in [3.05, 3.63) is 40.7 Å². The fourth-order valence-electron chi connectivity index (χ4n) is 2.92. The predicted molar refractivity (Wildman–Crippen MR) is 101 cm³/mol. The summed E-state index contributed by atoms with van der Waals surface area (Å²) in [4.78, 5) is 4.89. The Labute approximate surface area is 152 Å². The molecule has 3 rings (SSSR count). The van der Waals surface area contributed by atoms with Crippen LogP contribution in [0.1, 0.15) is 23.9 Å². The summed E-state index contributed by atoms with van der Waals surface area (Å²) >= 11 is 1.51. The number of hydrogen-bond donors (Lipinski definition) is 1. The molecule has 1 aliphatic rings. The number of hydrogen-bond acceptors (Lipinski definition) is 6. The molecule has 7 heteroatoms. The average molecular weight is 364 g/mol. The number of nitrogens with one attached hydrogen (secondary N) is 1. The van der Waals surface area contributed by atoms with E-state index in [0.717, 1.165) is 49.3 Å². The van der Waals surface area contributed by atoms with Crippen LogP contribution in [-0.4, -0.2) is 65.8 Å². The minimum Gasteiger partial charge on any atom is -0.358 e. The second-order valence-electron chi connectivity index (χ2n) is 6.75. The molecule has 0 amide bonds. The number of benzene rings is 1. The Morgan fingerprint density at radius 3 is 2.72 bits per heavy atom. The lowest BCUT2D eigenvalue weighted by atomic mass is 10.1. The Balaban J connectivity index is 1.45. The fourth-order valence-corrected chi connectivity index (χ4v) is 3.79. The first-order chi connectivity index (χ1) is 12.1. The van der Waals surface area contributed by atoms with Gasteiger partial charge in [-0.3, -0.25) is 0 Å². The van der Waals surface area contributed by atoms with Crippen LogP contribution in [0.2, 0.25) is 0 Å². The molecule has 1 aromatic carbocycles. The summed E-state index contributed by atoms with van der Waals surface area (Å²) < 4.78 is 13.7. The highest BCUT2D eigenvalue weighted by atomic mass is 32.1. The summed E-state index contributed by atoms with van der Waals surface area (Å²) in [6.07, 6.45) is 1.56. The summed E-state index contributed by atoms with van der Waals surface area (Å²) in [5.41, 5.74) is 0.660. The summed E-state index contributed by atoms with van der Waals surface area (Å²) in [5.74, 6) is -0.187. The van der Waals surface area contributed by atoms with E-state index >= 15 is 0 Å². The van der Waals surface area contributed by atoms with E-state index in [1.165, 1.54) is 17.4 Å². The minimum atomic E-state index is -0.187. The van der Waals surface area contributed by atoms with Crippen molar-refractivity contribution in [3.8, 4) is 0 Å². The largest absolute Gasteiger partial charge is 0.358 e. The molecule has 1 atom stereocenters. The number of likely N-dealkylation sites (N-methyl/N-ethyl adjacent to an activating group) is 1. The number of halogens is 1. The van der Waals surface area contributed by atoms with E-state index in [-0.39, 0.29) is 5.82 Å². The lowest BCUT2D eigenvalue weighted by Crippen LogP contribution is -2.45. The SMILES string of the molecule is CC(CCN1CCN(C)CC1)Nc1nnc(Cc2ccccc2F)s1. The summed E-state index contributed by atoms with van der Waals surface area (Å²) in [6, 6.07) is 7.17. The average Bonchev–Trinajstić information content (AvgIpc) is 3.03. The smallest absolute Gasteiger partial charge is 0.205 e. The lowest BCUT2D eigenvalue weighted by Gasteiger charge is -2.32. The first-order valence-electron chi connectivity index (χ1n) is 8.83. The summed E-state index contributed by atoms with van der Waals surface area (Å²) in [6.45, 7) is 7.87. The van der Waals surface area contributed by atoms with E-state index in [9.17, 15) is 4.39 Å². The molecule has 5 nitrogen and oxygen atoms in total. The van der Waals surface area contributed by atoms with Gasteiger partial charge < -0.3 is 15.1 Å². The molecule has 0 spiro atoms. The molecular formula is C18H26FN5S. The zero-order chi connectivity index (χ0) is 17.6. The van der Waals surface area contributed by atoms with Gasteiger partial charge in [0.1, 0.15) is 10.8 Å². The van der Waals surface area contributed by atoms with E-state index in [1.54, 1.807) is 12.1 Å². The van der Waals surface area contributed by atoms with E-state index in [1.807, 2.05) is 6.07 Å². The van der Waals surface area contributed by atoms with Gasteiger partial charge in [0, 0.05) is 45.2 Å². The van der Waals surface area contributed by atoms with Crippen LogP contribution in [0.5, 0.6) is 0 Å². The third-order valence-electron chi connectivity index (χ3n) is 4.61. The van der Waals surface area contributed by atoms with E-state index in [0.29, 0.717) is 18.0 Å². The third-order valence-corrected chi connectivity index (χ3v) is 5.46. The van der Waals surface area contributed by atoms with Crippen LogP contribution in [0.4, 0.5) is 9.52 Å². The van der Waals surface area contributed by atoms with Crippen molar-refractivity contribution in [2.45, 2.75) is 25.8 Å². The first kappa shape index (κ1) is 18.2. The maximum Gasteiger partial charge on any atom is 0.205 e. The Bertz CT molecular complexity index is 669. The van der Waals surface area contributed by atoms with Gasteiger partial charge in [0.15, 0.2) is 0 Å². The molecule has 136 valence electrons. The van der Waals surface area contributed by atoms with Crippen LogP contribution in [0.15, 0.2) is 24.3 Å². The van der Waals surface area contributed by atoms with E-state index < -0.39 is 0 Å². The maximum absolute atomic E-state index is 13.7. The van der Waals surface area contributed by atoms with Gasteiger partial charge in [-0.15, -0.1) is 10.2 Å². The molecule has 0 bridgehead atoms. The molecule has 2 aromatic rings. The molecule has 0 saturated carbocycles. The van der Waals surface area contributed by atoms with Gasteiger partial charge in [-0.2, -0.15) is 0 Å². The van der Waals surface area contributed by atoms with Crippen molar-refractivity contribution in [1.29, 1.82) is 0 Å². The molecule has 2 heterocycles. The number of rotatable bonds is 7. The van der Waals surface area contributed by atoms with E-state index in [4.69, 9.17) is 0 Å². The van der Waals surface area contributed by atoms with Crippen LogP contribution in [-0.2, 0) is 6.42 Å². The zero-order valence-corrected chi connectivity index (χ0v) is 15.7. The number of nitrogens with zero attached hydrogens (tertiary/aromatic N) is 4. The van der Waals surface area contributed by atoms with Gasteiger partial charge in [-0.05, 0) is 32.0 Å². The van der Waals surface area contributed by atoms with Crippen LogP contribution < -0.4 is 5.32 Å². The van der Waals surface area contributed by atoms with Crippen LogP contribution in [0.25, 0.3) is 0 Å². The number of piperazine rings is 1. The van der Waals surface area contributed by atoms with Gasteiger partial charge >= 0.3 is 0 Å². The Kier molecular flexibility index (Phi) is 6.34. The van der Waals surface area contributed by atoms with Crippen molar-refractivity contribution < 1.29 is 4.39 Å².